The van der Waals surface area contributed by atoms with E-state index in [1.807, 2.05) is 37.5 Å². The van der Waals surface area contributed by atoms with E-state index < -0.39 is 5.60 Å². The van der Waals surface area contributed by atoms with Gasteiger partial charge in [0.2, 0.25) is 0 Å². The number of imidazole rings is 1. The first-order chi connectivity index (χ1) is 15.5. The second kappa shape index (κ2) is 6.80. The maximum absolute atomic E-state index is 9.99. The second-order valence-electron chi connectivity index (χ2n) is 8.71. The lowest BCUT2D eigenvalue weighted by Crippen LogP contribution is -2.60. The molecule has 1 aliphatic rings. The van der Waals surface area contributed by atoms with Crippen molar-refractivity contribution in [2.45, 2.75) is 19.4 Å². The molecule has 0 aliphatic carbocycles. The molecule has 2 aromatic carbocycles. The van der Waals surface area contributed by atoms with Gasteiger partial charge in [0.15, 0.2) is 11.5 Å². The van der Waals surface area contributed by atoms with Crippen LogP contribution in [0.2, 0.25) is 0 Å². The number of hydrogen-bond donors (Lipinski definition) is 3. The molecule has 0 radical (unpaired) electrons. The van der Waals surface area contributed by atoms with E-state index in [0.717, 1.165) is 44.9 Å². The summed E-state index contributed by atoms with van der Waals surface area (Å²) in [5.74, 6) is 0.694. The van der Waals surface area contributed by atoms with E-state index >= 15 is 0 Å². The van der Waals surface area contributed by atoms with E-state index in [-0.39, 0.29) is 0 Å². The highest BCUT2D eigenvalue weighted by molar-refractivity contribution is 5.84. The third-order valence-corrected chi connectivity index (χ3v) is 6.05. The highest BCUT2D eigenvalue weighted by Gasteiger charge is 2.36. The van der Waals surface area contributed by atoms with Gasteiger partial charge in [0.25, 0.3) is 0 Å². The monoisotopic (exact) mass is 425 g/mol. The Morgan fingerprint density at radius 2 is 1.94 bits per heavy atom. The van der Waals surface area contributed by atoms with Gasteiger partial charge in [-0.2, -0.15) is 5.10 Å². The van der Waals surface area contributed by atoms with Gasteiger partial charge in [-0.05, 0) is 44.2 Å². The number of β-amino-alcohol motifs (C(OH)–C–C–N with tert-alkyl or cyclic N) is 1. The largest absolute Gasteiger partial charge is 0.386 e. The quantitative estimate of drug-likeness (QED) is 0.404. The van der Waals surface area contributed by atoms with Crippen LogP contribution >= 0.6 is 0 Å². The molecule has 160 valence electrons. The molecule has 0 bridgehead atoms. The molecule has 0 saturated carbocycles. The third kappa shape index (κ3) is 3.07. The van der Waals surface area contributed by atoms with E-state index in [2.05, 4.69) is 61.0 Å². The number of anilines is 3. The summed E-state index contributed by atoms with van der Waals surface area (Å²) in [5.41, 5.74) is 6.09. The highest BCUT2D eigenvalue weighted by atomic mass is 16.3. The Morgan fingerprint density at radius 3 is 2.72 bits per heavy atom. The van der Waals surface area contributed by atoms with Crippen molar-refractivity contribution in [1.82, 2.24) is 24.6 Å². The van der Waals surface area contributed by atoms with Crippen LogP contribution in [0.4, 0.5) is 17.2 Å². The van der Waals surface area contributed by atoms with Gasteiger partial charge in [-0.25, -0.2) is 9.97 Å². The number of benzene rings is 2. The maximum Gasteiger partial charge on any atom is 0.180 e. The summed E-state index contributed by atoms with van der Waals surface area (Å²) in [4.78, 5) is 11.6. The fourth-order valence-electron chi connectivity index (χ4n) is 4.40. The fourth-order valence-corrected chi connectivity index (χ4v) is 4.40. The molecule has 5 aromatic rings. The van der Waals surface area contributed by atoms with Crippen LogP contribution in [0.1, 0.15) is 12.6 Å². The van der Waals surface area contributed by atoms with Crippen molar-refractivity contribution in [2.75, 3.05) is 23.3 Å². The molecule has 6 rings (SSSR count). The topological polar surface area (TPSA) is 94.4 Å². The van der Waals surface area contributed by atoms with Gasteiger partial charge in [0, 0.05) is 53.5 Å². The number of aromatic amines is 1. The van der Waals surface area contributed by atoms with Crippen molar-refractivity contribution in [3.05, 3.63) is 66.7 Å². The molecule has 32 heavy (non-hydrogen) atoms. The number of aliphatic hydroxyl groups is 1. The Hall–Kier alpha value is -3.91. The Balaban J connectivity index is 1.36. The maximum atomic E-state index is 9.99. The third-order valence-electron chi connectivity index (χ3n) is 6.05. The summed E-state index contributed by atoms with van der Waals surface area (Å²) in [6, 6.07) is 14.4. The predicted molar refractivity (Wildman–Crippen MR) is 125 cm³/mol. The van der Waals surface area contributed by atoms with Crippen molar-refractivity contribution in [2.24, 2.45) is 0 Å². The predicted octanol–water partition coefficient (Wildman–Crippen LogP) is 3.90. The van der Waals surface area contributed by atoms with Gasteiger partial charge >= 0.3 is 0 Å². The van der Waals surface area contributed by atoms with Crippen LogP contribution in [-0.4, -0.2) is 48.4 Å². The van der Waals surface area contributed by atoms with E-state index in [4.69, 9.17) is 4.98 Å². The normalized spacial score (nSPS) is 15.3. The summed E-state index contributed by atoms with van der Waals surface area (Å²) >= 11 is 0. The minimum atomic E-state index is -0.593. The fraction of sp³-hybridized carbons (Fsp3) is 0.208. The van der Waals surface area contributed by atoms with Crippen LogP contribution in [0, 0.1) is 6.92 Å². The molecular weight excluding hydrogens is 402 g/mol. The van der Waals surface area contributed by atoms with Crippen LogP contribution in [0.3, 0.4) is 0 Å². The summed E-state index contributed by atoms with van der Waals surface area (Å²) in [5, 5.41) is 21.6. The average Bonchev–Trinajstić information content (AvgIpc) is 3.44. The van der Waals surface area contributed by atoms with Gasteiger partial charge in [-0.15, -0.1) is 0 Å². The number of aromatic nitrogens is 5. The standard InChI is InChI=1S/C24H23N7O/c1-15-21(16-3-4-17-12-26-29-20(17)11-16)28-22(23-25-9-10-31(15)23)27-18-5-7-19(8-6-18)30-13-24(2,32)14-30/h3-12,32H,13-14H2,1-2H3,(H,26,29)(H,27,28). The van der Waals surface area contributed by atoms with E-state index in [1.54, 1.807) is 6.20 Å². The van der Waals surface area contributed by atoms with Crippen LogP contribution in [0.5, 0.6) is 0 Å². The van der Waals surface area contributed by atoms with E-state index in [9.17, 15) is 5.11 Å². The molecule has 3 aromatic heterocycles. The zero-order valence-electron chi connectivity index (χ0n) is 17.9. The first-order valence-electron chi connectivity index (χ1n) is 10.6. The molecule has 0 unspecified atom stereocenters. The summed E-state index contributed by atoms with van der Waals surface area (Å²) < 4.78 is 2.05. The van der Waals surface area contributed by atoms with Gasteiger partial charge in [-0.3, -0.25) is 9.50 Å². The number of nitrogens with one attached hydrogen (secondary N) is 2. The van der Waals surface area contributed by atoms with Crippen molar-refractivity contribution in [3.8, 4) is 11.3 Å². The molecule has 0 atom stereocenters. The number of rotatable bonds is 4. The SMILES string of the molecule is Cc1c(-c2ccc3cn[nH]c3c2)nc(Nc2ccc(N3CC(C)(O)C3)cc2)c2nccn12. The molecule has 3 N–H and O–H groups in total. The lowest BCUT2D eigenvalue weighted by molar-refractivity contribution is 0.0310. The summed E-state index contributed by atoms with van der Waals surface area (Å²) in [6.07, 6.45) is 5.56. The smallest absolute Gasteiger partial charge is 0.180 e. The Kier molecular flexibility index (Phi) is 4.00. The number of fused-ring (bicyclic) bond motifs is 2. The number of H-pyrrole nitrogens is 1. The van der Waals surface area contributed by atoms with Gasteiger partial charge in [0.1, 0.15) is 0 Å². The Labute approximate surface area is 184 Å². The van der Waals surface area contributed by atoms with E-state index in [0.29, 0.717) is 18.9 Å². The zero-order valence-corrected chi connectivity index (χ0v) is 17.9. The number of aryl methyl sites for hydroxylation is 1. The Bertz CT molecular complexity index is 1440. The lowest BCUT2D eigenvalue weighted by Gasteiger charge is -2.45. The lowest BCUT2D eigenvalue weighted by atomic mass is 9.96. The zero-order chi connectivity index (χ0) is 21.9. The van der Waals surface area contributed by atoms with E-state index in [1.165, 1.54) is 0 Å². The molecule has 1 saturated heterocycles. The summed E-state index contributed by atoms with van der Waals surface area (Å²) in [6.45, 7) is 5.21. The van der Waals surface area contributed by atoms with Gasteiger partial charge in [-0.1, -0.05) is 12.1 Å². The second-order valence-corrected chi connectivity index (χ2v) is 8.71. The highest BCUT2D eigenvalue weighted by Crippen LogP contribution is 2.31. The number of hydrogen-bond acceptors (Lipinski definition) is 6. The number of nitrogens with zero attached hydrogens (tertiary/aromatic N) is 5. The molecule has 1 fully saturated rings. The molecule has 0 spiro atoms. The first-order valence-corrected chi connectivity index (χ1v) is 10.6. The van der Waals surface area contributed by atoms with Crippen molar-refractivity contribution < 1.29 is 5.11 Å². The first kappa shape index (κ1) is 18.8. The molecule has 8 nitrogen and oxygen atoms in total. The van der Waals surface area contributed by atoms with Gasteiger partial charge < -0.3 is 15.3 Å². The molecule has 4 heterocycles. The van der Waals surface area contributed by atoms with Crippen molar-refractivity contribution >= 4 is 33.7 Å². The van der Waals surface area contributed by atoms with Crippen LogP contribution in [0.25, 0.3) is 27.8 Å². The minimum absolute atomic E-state index is 0.593. The molecule has 0 amide bonds. The molecular formula is C24H23N7O. The Morgan fingerprint density at radius 1 is 1.12 bits per heavy atom. The van der Waals surface area contributed by atoms with Crippen LogP contribution < -0.4 is 10.2 Å². The van der Waals surface area contributed by atoms with Crippen molar-refractivity contribution in [1.29, 1.82) is 0 Å². The molecule has 1 aliphatic heterocycles. The van der Waals surface area contributed by atoms with Gasteiger partial charge in [0.05, 0.1) is 23.0 Å². The van der Waals surface area contributed by atoms with Crippen molar-refractivity contribution in [3.63, 3.8) is 0 Å². The minimum Gasteiger partial charge on any atom is -0.386 e. The summed E-state index contributed by atoms with van der Waals surface area (Å²) in [7, 11) is 0. The van der Waals surface area contributed by atoms with Crippen LogP contribution in [0.15, 0.2) is 61.1 Å². The average molecular weight is 425 g/mol. The molecule has 8 heteroatoms. The van der Waals surface area contributed by atoms with Crippen LogP contribution in [-0.2, 0) is 0 Å².